The Kier molecular flexibility index (Phi) is 5.42. The smallest absolute Gasteiger partial charge is 0.217 e. The van der Waals surface area contributed by atoms with Gasteiger partial charge in [0.2, 0.25) is 5.91 Å². The van der Waals surface area contributed by atoms with Crippen molar-refractivity contribution in [2.45, 2.75) is 12.5 Å². The molecule has 1 fully saturated rings. The molecule has 7 nitrogen and oxygen atoms in total. The van der Waals surface area contributed by atoms with Crippen LogP contribution in [0.5, 0.6) is 0 Å². The monoisotopic (exact) mass is 409 g/mol. The molecule has 0 aliphatic carbocycles. The quantitative estimate of drug-likeness (QED) is 0.670. The van der Waals surface area contributed by atoms with Crippen LogP contribution in [0.15, 0.2) is 54.9 Å². The number of carbonyl (C=O) groups excluding carboxylic acids is 1. The third-order valence-corrected chi connectivity index (χ3v) is 5.22. The molecule has 0 radical (unpaired) electrons. The number of anilines is 1. The number of benzene rings is 1. The molecule has 1 aromatic carbocycles. The molecule has 0 unspecified atom stereocenters. The number of nitrogens with two attached hydrogens (primary N) is 1. The minimum atomic E-state index is -0.640. The van der Waals surface area contributed by atoms with Crippen molar-refractivity contribution in [1.82, 2.24) is 15.0 Å². The van der Waals surface area contributed by atoms with Crippen LogP contribution >= 0.6 is 11.6 Å². The van der Waals surface area contributed by atoms with Crippen LogP contribution in [-0.2, 0) is 4.79 Å². The zero-order valence-electron chi connectivity index (χ0n) is 15.6. The van der Waals surface area contributed by atoms with Gasteiger partial charge in [-0.05, 0) is 24.3 Å². The molecule has 8 heteroatoms. The Balaban J connectivity index is 1.74. The van der Waals surface area contributed by atoms with Gasteiger partial charge in [0.1, 0.15) is 5.82 Å². The number of β-amino-alcohol motifs (C(OH)–C–C–N with tert-alkyl or cyclic N) is 1. The predicted octanol–water partition coefficient (Wildman–Crippen LogP) is 2.53. The van der Waals surface area contributed by atoms with E-state index >= 15 is 0 Å². The molecule has 1 aliphatic rings. The van der Waals surface area contributed by atoms with E-state index in [9.17, 15) is 9.90 Å². The lowest BCUT2D eigenvalue weighted by Gasteiger charge is -2.19. The lowest BCUT2D eigenvalue weighted by molar-refractivity contribution is -0.119. The van der Waals surface area contributed by atoms with Gasteiger partial charge < -0.3 is 15.7 Å². The van der Waals surface area contributed by atoms with Crippen LogP contribution in [-0.4, -0.2) is 45.2 Å². The van der Waals surface area contributed by atoms with Crippen LogP contribution in [0.3, 0.4) is 0 Å². The van der Waals surface area contributed by atoms with Gasteiger partial charge in [-0.25, -0.2) is 9.97 Å². The number of hydrogen-bond acceptors (Lipinski definition) is 6. The molecular weight excluding hydrogens is 390 g/mol. The zero-order chi connectivity index (χ0) is 20.4. The minimum absolute atomic E-state index is 0.141. The molecule has 0 spiro atoms. The average Bonchev–Trinajstić information content (AvgIpc) is 3.08. The molecule has 2 atom stereocenters. The number of pyridine rings is 1. The molecule has 4 rings (SSSR count). The first-order valence-electron chi connectivity index (χ1n) is 9.26. The molecule has 1 aliphatic heterocycles. The fraction of sp³-hybridized carbons (Fsp3) is 0.238. The summed E-state index contributed by atoms with van der Waals surface area (Å²) < 4.78 is 0. The summed E-state index contributed by atoms with van der Waals surface area (Å²) in [4.78, 5) is 26.8. The molecular formula is C21H20ClN5O2. The summed E-state index contributed by atoms with van der Waals surface area (Å²) in [6.45, 7) is 0.870. The van der Waals surface area contributed by atoms with Crippen LogP contribution in [0.25, 0.3) is 22.6 Å². The predicted molar refractivity (Wildman–Crippen MR) is 111 cm³/mol. The van der Waals surface area contributed by atoms with E-state index in [-0.39, 0.29) is 12.3 Å². The number of primary amides is 1. The standard InChI is InChI=1S/C21H20ClN5O2/c22-16-5-3-13(4-6-16)17-9-20(26-21(25-17)14-2-1-7-24-10-14)27-11-15(8-19(23)29)18(28)12-27/h1-7,9-10,15,18,28H,8,11-12H2,(H2,23,29)/t15-,18-/m1/s1. The molecule has 3 aromatic rings. The van der Waals surface area contributed by atoms with E-state index in [1.165, 1.54) is 0 Å². The van der Waals surface area contributed by atoms with Gasteiger partial charge in [-0.2, -0.15) is 0 Å². The Labute approximate surface area is 173 Å². The van der Waals surface area contributed by atoms with E-state index in [0.717, 1.165) is 16.8 Å². The number of carbonyl (C=O) groups is 1. The molecule has 1 amide bonds. The highest BCUT2D eigenvalue weighted by Gasteiger charge is 2.33. The molecule has 2 aromatic heterocycles. The Bertz CT molecular complexity index is 1010. The third-order valence-electron chi connectivity index (χ3n) is 4.97. The van der Waals surface area contributed by atoms with Gasteiger partial charge in [0.15, 0.2) is 5.82 Å². The summed E-state index contributed by atoms with van der Waals surface area (Å²) in [5.41, 5.74) is 7.74. The van der Waals surface area contributed by atoms with Crippen molar-refractivity contribution in [2.24, 2.45) is 11.7 Å². The Morgan fingerprint density at radius 2 is 1.97 bits per heavy atom. The molecule has 29 heavy (non-hydrogen) atoms. The largest absolute Gasteiger partial charge is 0.391 e. The van der Waals surface area contributed by atoms with Gasteiger partial charge in [0.05, 0.1) is 11.8 Å². The number of halogens is 1. The minimum Gasteiger partial charge on any atom is -0.391 e. The van der Waals surface area contributed by atoms with Gasteiger partial charge in [0.25, 0.3) is 0 Å². The van der Waals surface area contributed by atoms with Crippen molar-refractivity contribution in [2.75, 3.05) is 18.0 Å². The number of aliphatic hydroxyl groups excluding tert-OH is 1. The van der Waals surface area contributed by atoms with Crippen molar-refractivity contribution in [1.29, 1.82) is 0 Å². The maximum Gasteiger partial charge on any atom is 0.217 e. The molecule has 148 valence electrons. The van der Waals surface area contributed by atoms with Crippen LogP contribution in [0.4, 0.5) is 5.82 Å². The highest BCUT2D eigenvalue weighted by atomic mass is 35.5. The fourth-order valence-electron chi connectivity index (χ4n) is 3.49. The Hall–Kier alpha value is -3.03. The van der Waals surface area contributed by atoms with Crippen molar-refractivity contribution in [3.05, 3.63) is 59.9 Å². The first kappa shape index (κ1) is 19.3. The third kappa shape index (κ3) is 4.36. The number of nitrogens with zero attached hydrogens (tertiary/aromatic N) is 4. The summed E-state index contributed by atoms with van der Waals surface area (Å²) in [6, 6.07) is 13.0. The van der Waals surface area contributed by atoms with E-state index in [4.69, 9.17) is 27.3 Å². The average molecular weight is 410 g/mol. The second-order valence-corrected chi connectivity index (χ2v) is 7.52. The maximum atomic E-state index is 11.3. The second kappa shape index (κ2) is 8.14. The molecule has 0 bridgehead atoms. The van der Waals surface area contributed by atoms with Gasteiger partial charge in [-0.3, -0.25) is 9.78 Å². The lowest BCUT2D eigenvalue weighted by Crippen LogP contribution is -2.24. The highest BCUT2D eigenvalue weighted by Crippen LogP contribution is 2.30. The van der Waals surface area contributed by atoms with Crippen LogP contribution < -0.4 is 10.6 Å². The summed E-state index contributed by atoms with van der Waals surface area (Å²) >= 11 is 6.02. The van der Waals surface area contributed by atoms with Crippen LogP contribution in [0.1, 0.15) is 6.42 Å². The number of rotatable bonds is 5. The summed E-state index contributed by atoms with van der Waals surface area (Å²) in [6.07, 6.45) is 2.90. The number of amides is 1. The normalized spacial score (nSPS) is 18.8. The lowest BCUT2D eigenvalue weighted by atomic mass is 10.0. The van der Waals surface area contributed by atoms with Crippen LogP contribution in [0, 0.1) is 5.92 Å². The summed E-state index contributed by atoms with van der Waals surface area (Å²) in [5, 5.41) is 11.0. The molecule has 3 N–H and O–H groups in total. The van der Waals surface area contributed by atoms with E-state index in [0.29, 0.717) is 29.8 Å². The molecule has 3 heterocycles. The topological polar surface area (TPSA) is 105 Å². The van der Waals surface area contributed by atoms with Crippen molar-refractivity contribution >= 4 is 23.3 Å². The van der Waals surface area contributed by atoms with Crippen molar-refractivity contribution in [3.63, 3.8) is 0 Å². The number of aliphatic hydroxyl groups is 1. The summed E-state index contributed by atoms with van der Waals surface area (Å²) in [7, 11) is 0. The molecule has 0 saturated carbocycles. The van der Waals surface area contributed by atoms with Crippen molar-refractivity contribution < 1.29 is 9.90 Å². The Morgan fingerprint density at radius 3 is 2.66 bits per heavy atom. The number of aromatic nitrogens is 3. The number of hydrogen-bond donors (Lipinski definition) is 2. The second-order valence-electron chi connectivity index (χ2n) is 7.09. The maximum absolute atomic E-state index is 11.3. The zero-order valence-corrected chi connectivity index (χ0v) is 16.3. The first-order chi connectivity index (χ1) is 14.0. The fourth-order valence-corrected chi connectivity index (χ4v) is 3.62. The summed E-state index contributed by atoms with van der Waals surface area (Å²) in [5.74, 6) is 0.572. The van der Waals surface area contributed by atoms with E-state index < -0.39 is 12.0 Å². The van der Waals surface area contributed by atoms with Crippen molar-refractivity contribution in [3.8, 4) is 22.6 Å². The van der Waals surface area contributed by atoms with Gasteiger partial charge in [0, 0.05) is 60.0 Å². The van der Waals surface area contributed by atoms with E-state index in [1.807, 2.05) is 47.4 Å². The highest BCUT2D eigenvalue weighted by molar-refractivity contribution is 6.30. The van der Waals surface area contributed by atoms with Crippen LogP contribution in [0.2, 0.25) is 5.02 Å². The van der Waals surface area contributed by atoms with E-state index in [2.05, 4.69) is 4.98 Å². The van der Waals surface area contributed by atoms with Gasteiger partial charge in [-0.1, -0.05) is 23.7 Å². The van der Waals surface area contributed by atoms with E-state index in [1.54, 1.807) is 12.4 Å². The Morgan fingerprint density at radius 1 is 1.17 bits per heavy atom. The first-order valence-corrected chi connectivity index (χ1v) is 9.64. The van der Waals surface area contributed by atoms with Gasteiger partial charge >= 0.3 is 0 Å². The molecule has 1 saturated heterocycles. The van der Waals surface area contributed by atoms with Gasteiger partial charge in [-0.15, -0.1) is 0 Å². The SMILES string of the molecule is NC(=O)C[C@@H]1CN(c2cc(-c3ccc(Cl)cc3)nc(-c3cccnc3)n2)C[C@H]1O.